The predicted octanol–water partition coefficient (Wildman–Crippen LogP) is 3.26. The summed E-state index contributed by atoms with van der Waals surface area (Å²) in [6, 6.07) is 7.04. The SMILES string of the molecule is O=[N+]([O-])/C(Cl)=C/c1ccc(Br)cc1. The number of hydrogen-bond acceptors (Lipinski definition) is 2. The van der Waals surface area contributed by atoms with Crippen molar-refractivity contribution in [2.45, 2.75) is 0 Å². The molecule has 0 saturated carbocycles. The van der Waals surface area contributed by atoms with Gasteiger partial charge in [-0.05, 0) is 29.3 Å². The summed E-state index contributed by atoms with van der Waals surface area (Å²) in [5, 5.41) is 9.78. The minimum absolute atomic E-state index is 0.387. The molecule has 0 aliphatic rings. The molecule has 0 fully saturated rings. The Morgan fingerprint density at radius 1 is 1.46 bits per heavy atom. The summed E-state index contributed by atoms with van der Waals surface area (Å²) in [7, 11) is 0. The normalized spacial score (nSPS) is 11.4. The quantitative estimate of drug-likeness (QED) is 0.466. The van der Waals surface area contributed by atoms with E-state index in [0.29, 0.717) is 5.56 Å². The Balaban J connectivity index is 2.92. The summed E-state index contributed by atoms with van der Waals surface area (Å²) in [6.07, 6.45) is 1.30. The van der Waals surface area contributed by atoms with Gasteiger partial charge in [0.25, 0.3) is 0 Å². The molecular weight excluding hydrogens is 257 g/mol. The van der Waals surface area contributed by atoms with Crippen LogP contribution >= 0.6 is 27.5 Å². The standard InChI is InChI=1S/C8H5BrClNO2/c9-7-3-1-6(2-4-7)5-8(10)11(12)13/h1-5H/b8-5+. The molecule has 3 nitrogen and oxygen atoms in total. The van der Waals surface area contributed by atoms with E-state index in [4.69, 9.17) is 11.6 Å². The highest BCUT2D eigenvalue weighted by atomic mass is 79.9. The van der Waals surface area contributed by atoms with Crippen LogP contribution in [-0.2, 0) is 0 Å². The van der Waals surface area contributed by atoms with E-state index in [1.807, 2.05) is 0 Å². The molecule has 0 atom stereocenters. The summed E-state index contributed by atoms with van der Waals surface area (Å²) in [6.45, 7) is 0. The molecule has 0 unspecified atom stereocenters. The van der Waals surface area contributed by atoms with Gasteiger partial charge in [0.1, 0.15) is 0 Å². The van der Waals surface area contributed by atoms with Gasteiger partial charge < -0.3 is 0 Å². The molecule has 1 aromatic rings. The maximum Gasteiger partial charge on any atom is 0.337 e. The summed E-state index contributed by atoms with van der Waals surface area (Å²) in [5.41, 5.74) is 0.699. The molecule has 0 spiro atoms. The van der Waals surface area contributed by atoms with E-state index in [0.717, 1.165) is 4.47 Å². The first-order valence-electron chi connectivity index (χ1n) is 3.37. The third-order valence-corrected chi connectivity index (χ3v) is 2.11. The summed E-state index contributed by atoms with van der Waals surface area (Å²) >= 11 is 8.59. The second-order valence-corrected chi connectivity index (χ2v) is 3.58. The average molecular weight is 262 g/mol. The second-order valence-electron chi connectivity index (χ2n) is 2.28. The predicted molar refractivity (Wildman–Crippen MR) is 55.0 cm³/mol. The molecule has 0 heterocycles. The van der Waals surface area contributed by atoms with Crippen molar-refractivity contribution in [2.75, 3.05) is 0 Å². The van der Waals surface area contributed by atoms with Crippen molar-refractivity contribution in [3.63, 3.8) is 0 Å². The van der Waals surface area contributed by atoms with Gasteiger partial charge in [-0.1, -0.05) is 28.1 Å². The largest absolute Gasteiger partial charge is 0.337 e. The zero-order chi connectivity index (χ0) is 9.84. The van der Waals surface area contributed by atoms with Gasteiger partial charge in [0.05, 0.1) is 4.92 Å². The molecule has 0 bridgehead atoms. The Labute approximate surface area is 88.3 Å². The monoisotopic (exact) mass is 261 g/mol. The fourth-order valence-electron chi connectivity index (χ4n) is 0.749. The molecule has 13 heavy (non-hydrogen) atoms. The molecule has 68 valence electrons. The van der Waals surface area contributed by atoms with E-state index in [2.05, 4.69) is 15.9 Å². The zero-order valence-electron chi connectivity index (χ0n) is 6.41. The Bertz CT molecular complexity index is 348. The van der Waals surface area contributed by atoms with Crippen molar-refractivity contribution >= 4 is 33.6 Å². The van der Waals surface area contributed by atoms with E-state index in [1.54, 1.807) is 24.3 Å². The molecule has 5 heteroatoms. The highest BCUT2D eigenvalue weighted by Gasteiger charge is 2.04. The lowest BCUT2D eigenvalue weighted by Gasteiger charge is -1.92. The van der Waals surface area contributed by atoms with Gasteiger partial charge in [-0.2, -0.15) is 0 Å². The minimum atomic E-state index is -0.635. The first-order chi connectivity index (χ1) is 6.09. The van der Waals surface area contributed by atoms with Crippen LogP contribution in [-0.4, -0.2) is 4.92 Å². The number of rotatable bonds is 2. The summed E-state index contributed by atoms with van der Waals surface area (Å²) in [5.74, 6) is 0. The van der Waals surface area contributed by atoms with Crippen LogP contribution in [0.4, 0.5) is 0 Å². The molecule has 0 aliphatic heterocycles. The number of benzene rings is 1. The average Bonchev–Trinajstić information content (AvgIpc) is 2.08. The van der Waals surface area contributed by atoms with Crippen LogP contribution in [0.3, 0.4) is 0 Å². The summed E-state index contributed by atoms with van der Waals surface area (Å²) in [4.78, 5) is 9.53. The Morgan fingerprint density at radius 2 is 2.00 bits per heavy atom. The number of nitro groups is 1. The number of halogens is 2. The summed E-state index contributed by atoms with van der Waals surface area (Å²) < 4.78 is 0.918. The van der Waals surface area contributed by atoms with Crippen LogP contribution in [0.15, 0.2) is 33.9 Å². The van der Waals surface area contributed by atoms with Crippen LogP contribution in [0, 0.1) is 10.1 Å². The van der Waals surface area contributed by atoms with Gasteiger partial charge in [-0.25, -0.2) is 0 Å². The first-order valence-corrected chi connectivity index (χ1v) is 4.54. The zero-order valence-corrected chi connectivity index (χ0v) is 8.75. The molecule has 0 N–H and O–H groups in total. The molecule has 0 aromatic heterocycles. The van der Waals surface area contributed by atoms with Crippen molar-refractivity contribution in [3.05, 3.63) is 49.6 Å². The number of hydrogen-bond donors (Lipinski definition) is 0. The van der Waals surface area contributed by atoms with Crippen molar-refractivity contribution in [2.24, 2.45) is 0 Å². The van der Waals surface area contributed by atoms with E-state index >= 15 is 0 Å². The van der Waals surface area contributed by atoms with E-state index in [-0.39, 0.29) is 5.16 Å². The molecule has 1 rings (SSSR count). The van der Waals surface area contributed by atoms with Crippen LogP contribution in [0.1, 0.15) is 5.56 Å². The third kappa shape index (κ3) is 3.16. The topological polar surface area (TPSA) is 43.1 Å². The van der Waals surface area contributed by atoms with E-state index < -0.39 is 4.92 Å². The minimum Gasteiger partial charge on any atom is -0.257 e. The van der Waals surface area contributed by atoms with Gasteiger partial charge in [-0.15, -0.1) is 0 Å². The second kappa shape index (κ2) is 4.39. The highest BCUT2D eigenvalue weighted by molar-refractivity contribution is 9.10. The molecule has 0 aliphatic carbocycles. The molecular formula is C8H5BrClNO2. The molecule has 0 radical (unpaired) electrons. The number of nitrogens with zero attached hydrogens (tertiary/aromatic N) is 1. The van der Waals surface area contributed by atoms with Gasteiger partial charge in [0.2, 0.25) is 0 Å². The van der Waals surface area contributed by atoms with Gasteiger partial charge in [-0.3, -0.25) is 10.1 Å². The maximum absolute atomic E-state index is 10.2. The lowest BCUT2D eigenvalue weighted by molar-refractivity contribution is -0.410. The van der Waals surface area contributed by atoms with Crippen molar-refractivity contribution in [1.82, 2.24) is 0 Å². The Morgan fingerprint density at radius 3 is 2.46 bits per heavy atom. The lowest BCUT2D eigenvalue weighted by atomic mass is 10.2. The van der Waals surface area contributed by atoms with Crippen molar-refractivity contribution in [1.29, 1.82) is 0 Å². The first kappa shape index (κ1) is 10.2. The lowest BCUT2D eigenvalue weighted by Crippen LogP contribution is -1.90. The van der Waals surface area contributed by atoms with Crippen LogP contribution in [0.5, 0.6) is 0 Å². The Hall–Kier alpha value is -0.870. The fourth-order valence-corrected chi connectivity index (χ4v) is 1.14. The van der Waals surface area contributed by atoms with Crippen molar-refractivity contribution in [3.8, 4) is 0 Å². The molecule has 0 amide bonds. The third-order valence-electron chi connectivity index (χ3n) is 1.33. The van der Waals surface area contributed by atoms with Crippen LogP contribution in [0.2, 0.25) is 0 Å². The van der Waals surface area contributed by atoms with Crippen molar-refractivity contribution < 1.29 is 4.92 Å². The van der Waals surface area contributed by atoms with E-state index in [1.165, 1.54) is 6.08 Å². The van der Waals surface area contributed by atoms with Gasteiger partial charge in [0.15, 0.2) is 0 Å². The van der Waals surface area contributed by atoms with Crippen LogP contribution < -0.4 is 0 Å². The van der Waals surface area contributed by atoms with Crippen LogP contribution in [0.25, 0.3) is 6.08 Å². The molecule has 0 saturated heterocycles. The fraction of sp³-hybridized carbons (Fsp3) is 0. The molecule has 1 aromatic carbocycles. The Kier molecular flexibility index (Phi) is 3.45. The smallest absolute Gasteiger partial charge is 0.257 e. The van der Waals surface area contributed by atoms with Gasteiger partial charge in [0, 0.05) is 10.5 Å². The highest BCUT2D eigenvalue weighted by Crippen LogP contribution is 2.14. The van der Waals surface area contributed by atoms with E-state index in [9.17, 15) is 10.1 Å². The van der Waals surface area contributed by atoms with Gasteiger partial charge >= 0.3 is 5.16 Å². The maximum atomic E-state index is 10.2.